The van der Waals surface area contributed by atoms with Gasteiger partial charge >= 0.3 is 6.18 Å². The van der Waals surface area contributed by atoms with E-state index in [0.717, 1.165) is 12.1 Å². The van der Waals surface area contributed by atoms with Crippen LogP contribution < -0.4 is 4.74 Å². The molecule has 0 spiro atoms. The van der Waals surface area contributed by atoms with E-state index in [2.05, 4.69) is 15.9 Å². The Hall–Kier alpha value is -1.04. The summed E-state index contributed by atoms with van der Waals surface area (Å²) in [6.07, 6.45) is -4.40. The molecule has 82 valence electrons. The van der Waals surface area contributed by atoms with Gasteiger partial charge in [-0.2, -0.15) is 13.2 Å². The molecule has 0 radical (unpaired) electrons. The molecule has 0 N–H and O–H groups in total. The lowest BCUT2D eigenvalue weighted by Crippen LogP contribution is -2.07. The van der Waals surface area contributed by atoms with Crippen LogP contribution in [0.5, 0.6) is 5.75 Å². The monoisotopic (exact) mass is 282 g/mol. The van der Waals surface area contributed by atoms with Crippen LogP contribution in [0.2, 0.25) is 0 Å². The lowest BCUT2D eigenvalue weighted by Gasteiger charge is -2.08. The second-order valence-corrected chi connectivity index (χ2v) is 3.55. The summed E-state index contributed by atoms with van der Waals surface area (Å²) in [5.41, 5.74) is -0.804. The molecule has 1 aromatic carbocycles. The number of benzene rings is 1. The second kappa shape index (κ2) is 4.65. The third kappa shape index (κ3) is 3.91. The number of hydrogen-bond donors (Lipinski definition) is 0. The van der Waals surface area contributed by atoms with Gasteiger partial charge in [-0.1, -0.05) is 6.07 Å². The van der Waals surface area contributed by atoms with E-state index in [4.69, 9.17) is 4.74 Å². The molecular formula is C9H6BrF3O2. The summed E-state index contributed by atoms with van der Waals surface area (Å²) in [5, 5.41) is 0. The smallest absolute Gasteiger partial charge is 0.416 e. The second-order valence-electron chi connectivity index (χ2n) is 2.67. The van der Waals surface area contributed by atoms with Crippen molar-refractivity contribution in [2.45, 2.75) is 6.18 Å². The Morgan fingerprint density at radius 3 is 2.60 bits per heavy atom. The average Bonchev–Trinajstić information content (AvgIpc) is 2.14. The molecule has 2 nitrogen and oxygen atoms in total. The fraction of sp³-hybridized carbons (Fsp3) is 0.222. The van der Waals surface area contributed by atoms with E-state index in [-0.39, 0.29) is 12.4 Å². The van der Waals surface area contributed by atoms with Crippen LogP contribution >= 0.6 is 15.9 Å². The van der Waals surface area contributed by atoms with Gasteiger partial charge in [-0.05, 0) is 34.1 Å². The Bertz CT molecular complexity index is 363. The molecule has 0 unspecified atom stereocenters. The third-order valence-corrected chi connectivity index (χ3v) is 1.74. The number of rotatable bonds is 3. The van der Waals surface area contributed by atoms with Crippen molar-refractivity contribution in [1.29, 1.82) is 0 Å². The normalized spacial score (nSPS) is 11.2. The van der Waals surface area contributed by atoms with Crippen LogP contribution in [0.3, 0.4) is 0 Å². The zero-order valence-corrected chi connectivity index (χ0v) is 8.93. The van der Waals surface area contributed by atoms with Gasteiger partial charge in [-0.3, -0.25) is 4.79 Å². The summed E-state index contributed by atoms with van der Waals surface area (Å²) in [6.45, 7) is -0.304. The van der Waals surface area contributed by atoms with Crippen molar-refractivity contribution in [3.63, 3.8) is 0 Å². The molecule has 0 atom stereocenters. The highest BCUT2D eigenvalue weighted by molar-refractivity contribution is 9.18. The minimum atomic E-state index is -4.40. The minimum Gasteiger partial charge on any atom is -0.485 e. The summed E-state index contributed by atoms with van der Waals surface area (Å²) in [7, 11) is 0. The van der Waals surface area contributed by atoms with Crippen LogP contribution in [0.1, 0.15) is 5.56 Å². The molecule has 0 bridgehead atoms. The first-order valence-corrected chi connectivity index (χ1v) is 4.67. The number of hydrogen-bond acceptors (Lipinski definition) is 2. The number of alkyl halides is 3. The Balaban J connectivity index is 2.79. The lowest BCUT2D eigenvalue weighted by molar-refractivity contribution is -0.137. The van der Waals surface area contributed by atoms with Crippen molar-refractivity contribution < 1.29 is 22.7 Å². The summed E-state index contributed by atoms with van der Waals surface area (Å²) in [4.78, 5) is 10.5. The largest absolute Gasteiger partial charge is 0.485 e. The lowest BCUT2D eigenvalue weighted by atomic mass is 10.2. The van der Waals surface area contributed by atoms with Crippen LogP contribution in [0.15, 0.2) is 24.3 Å². The molecule has 0 saturated carbocycles. The predicted octanol–water partition coefficient (Wildman–Crippen LogP) is 3.01. The van der Waals surface area contributed by atoms with E-state index in [1.165, 1.54) is 12.1 Å². The van der Waals surface area contributed by atoms with Crippen molar-refractivity contribution in [3.8, 4) is 5.75 Å². The SMILES string of the molecule is O=C(Br)COc1cccc(C(F)(F)F)c1. The molecule has 0 aliphatic heterocycles. The summed E-state index contributed by atoms with van der Waals surface area (Å²) < 4.78 is 41.1. The molecule has 0 aliphatic rings. The average molecular weight is 283 g/mol. The van der Waals surface area contributed by atoms with E-state index in [0.29, 0.717) is 0 Å². The molecule has 6 heteroatoms. The van der Waals surface area contributed by atoms with Gasteiger partial charge in [0.1, 0.15) is 5.75 Å². The Morgan fingerprint density at radius 2 is 2.07 bits per heavy atom. The van der Waals surface area contributed by atoms with E-state index in [1.807, 2.05) is 0 Å². The van der Waals surface area contributed by atoms with Gasteiger partial charge in [0.25, 0.3) is 0 Å². The molecule has 15 heavy (non-hydrogen) atoms. The first kappa shape index (κ1) is 12.0. The molecule has 1 rings (SSSR count). The summed E-state index contributed by atoms with van der Waals surface area (Å²) in [5.74, 6) is 0.0117. The molecule has 0 aliphatic carbocycles. The van der Waals surface area contributed by atoms with Crippen LogP contribution in [-0.4, -0.2) is 11.3 Å². The van der Waals surface area contributed by atoms with Gasteiger partial charge in [-0.15, -0.1) is 0 Å². The topological polar surface area (TPSA) is 26.3 Å². The molecule has 0 saturated heterocycles. The zero-order valence-electron chi connectivity index (χ0n) is 7.34. The Labute approximate surface area is 92.2 Å². The maximum atomic E-state index is 12.2. The van der Waals surface area contributed by atoms with Crippen molar-refractivity contribution in [2.75, 3.05) is 6.61 Å². The first-order chi connectivity index (χ1) is 6.89. The quantitative estimate of drug-likeness (QED) is 0.797. The minimum absolute atomic E-state index is 0.0117. The highest BCUT2D eigenvalue weighted by Gasteiger charge is 2.30. The Morgan fingerprint density at radius 1 is 1.40 bits per heavy atom. The number of halogens is 4. The molecule has 0 amide bonds. The van der Waals surface area contributed by atoms with E-state index in [9.17, 15) is 18.0 Å². The van der Waals surface area contributed by atoms with E-state index < -0.39 is 16.4 Å². The van der Waals surface area contributed by atoms with E-state index >= 15 is 0 Å². The fourth-order valence-corrected chi connectivity index (χ4v) is 1.02. The molecule has 1 aromatic rings. The van der Waals surface area contributed by atoms with Gasteiger partial charge in [0.15, 0.2) is 6.61 Å². The summed E-state index contributed by atoms with van der Waals surface area (Å²) >= 11 is 2.60. The number of ether oxygens (including phenoxy) is 1. The maximum Gasteiger partial charge on any atom is 0.416 e. The first-order valence-electron chi connectivity index (χ1n) is 3.88. The van der Waals surface area contributed by atoms with Crippen molar-refractivity contribution in [2.24, 2.45) is 0 Å². The van der Waals surface area contributed by atoms with Crippen LogP contribution in [-0.2, 0) is 11.0 Å². The van der Waals surface area contributed by atoms with Crippen LogP contribution in [0.25, 0.3) is 0 Å². The van der Waals surface area contributed by atoms with Crippen molar-refractivity contribution in [1.82, 2.24) is 0 Å². The molecular weight excluding hydrogens is 277 g/mol. The Kier molecular flexibility index (Phi) is 3.73. The van der Waals surface area contributed by atoms with Gasteiger partial charge in [0, 0.05) is 0 Å². The van der Waals surface area contributed by atoms with Crippen LogP contribution in [0.4, 0.5) is 13.2 Å². The van der Waals surface area contributed by atoms with Gasteiger partial charge in [0.05, 0.1) is 5.56 Å². The van der Waals surface area contributed by atoms with Gasteiger partial charge in [0.2, 0.25) is 4.69 Å². The molecule has 0 fully saturated rings. The highest BCUT2D eigenvalue weighted by Crippen LogP contribution is 2.31. The predicted molar refractivity (Wildman–Crippen MR) is 50.9 cm³/mol. The third-order valence-electron chi connectivity index (χ3n) is 1.51. The number of carbonyl (C=O) groups is 1. The summed E-state index contributed by atoms with van der Waals surface area (Å²) in [6, 6.07) is 4.35. The van der Waals surface area contributed by atoms with E-state index in [1.54, 1.807) is 0 Å². The van der Waals surface area contributed by atoms with Crippen LogP contribution in [0, 0.1) is 0 Å². The standard InChI is InChI=1S/C9H6BrF3O2/c10-8(14)5-15-7-3-1-2-6(4-7)9(11,12)13/h1-4H,5H2. The van der Waals surface area contributed by atoms with Gasteiger partial charge in [-0.25, -0.2) is 0 Å². The van der Waals surface area contributed by atoms with Crippen molar-refractivity contribution in [3.05, 3.63) is 29.8 Å². The van der Waals surface area contributed by atoms with Gasteiger partial charge < -0.3 is 4.74 Å². The number of carbonyl (C=O) groups excluding carboxylic acids is 1. The zero-order chi connectivity index (χ0) is 11.5. The maximum absolute atomic E-state index is 12.2. The van der Waals surface area contributed by atoms with Crippen molar-refractivity contribution >= 4 is 20.6 Å². The fourth-order valence-electron chi connectivity index (χ4n) is 0.902. The highest BCUT2D eigenvalue weighted by atomic mass is 79.9. The molecule has 0 heterocycles. The molecule has 0 aromatic heterocycles.